The summed E-state index contributed by atoms with van der Waals surface area (Å²) in [5.74, 6) is 0.419. The van der Waals surface area contributed by atoms with Crippen LogP contribution < -0.4 is 5.56 Å². The average Bonchev–Trinajstić information content (AvgIpc) is 3.36. The summed E-state index contributed by atoms with van der Waals surface area (Å²) in [4.78, 5) is 19.9. The van der Waals surface area contributed by atoms with E-state index in [1.807, 2.05) is 100 Å². The number of benzene rings is 3. The Balaban J connectivity index is 1.32. The third kappa shape index (κ3) is 3.84. The van der Waals surface area contributed by atoms with E-state index in [0.717, 1.165) is 85.3 Å². The molecule has 0 spiro atoms. The second-order valence-corrected chi connectivity index (χ2v) is 12.1. The molecule has 3 aromatic carbocycles. The van der Waals surface area contributed by atoms with Gasteiger partial charge in [0.2, 0.25) is 0 Å². The van der Waals surface area contributed by atoms with Crippen LogP contribution in [0.1, 0.15) is 24.3 Å². The molecule has 9 rings (SSSR count). The molecule has 0 amide bonds. The Morgan fingerprint density at radius 1 is 0.674 bits per heavy atom. The Labute approximate surface area is 262 Å². The third-order valence-electron chi connectivity index (χ3n) is 9.23. The van der Waals surface area contributed by atoms with Crippen molar-refractivity contribution in [2.75, 3.05) is 0 Å². The molecular formula is C35H30N10O. The van der Waals surface area contributed by atoms with Gasteiger partial charge in [0.1, 0.15) is 5.69 Å². The van der Waals surface area contributed by atoms with Crippen LogP contribution in [-0.2, 0) is 28.2 Å². The van der Waals surface area contributed by atoms with Crippen LogP contribution in [0.3, 0.4) is 0 Å². The van der Waals surface area contributed by atoms with Gasteiger partial charge in [-0.2, -0.15) is 20.4 Å². The Morgan fingerprint density at radius 3 is 1.91 bits per heavy atom. The molecule has 8 aromatic rings. The molecular weight excluding hydrogens is 576 g/mol. The van der Waals surface area contributed by atoms with Crippen LogP contribution in [0.15, 0.2) is 83.9 Å². The monoisotopic (exact) mass is 606 g/mol. The van der Waals surface area contributed by atoms with Gasteiger partial charge in [0.15, 0.2) is 0 Å². The maximum absolute atomic E-state index is 14.8. The summed E-state index contributed by atoms with van der Waals surface area (Å²) in [5.41, 5.74) is 9.98. The Hall–Kier alpha value is -5.84. The Kier molecular flexibility index (Phi) is 5.53. The van der Waals surface area contributed by atoms with Gasteiger partial charge < -0.3 is 0 Å². The summed E-state index contributed by atoms with van der Waals surface area (Å²) in [7, 11) is 7.70. The highest BCUT2D eigenvalue weighted by molar-refractivity contribution is 5.96. The van der Waals surface area contributed by atoms with Crippen molar-refractivity contribution in [2.45, 2.75) is 18.8 Å². The fraction of sp³-hybridized carbons (Fsp3) is 0.200. The molecule has 1 fully saturated rings. The van der Waals surface area contributed by atoms with E-state index >= 15 is 0 Å². The molecule has 1 saturated carbocycles. The van der Waals surface area contributed by atoms with Crippen LogP contribution in [0.2, 0.25) is 0 Å². The summed E-state index contributed by atoms with van der Waals surface area (Å²) in [5, 5.41) is 20.2. The molecule has 1 aliphatic carbocycles. The van der Waals surface area contributed by atoms with Gasteiger partial charge >= 0.3 is 0 Å². The Bertz CT molecular complexity index is 2570. The van der Waals surface area contributed by atoms with Gasteiger partial charge in [0.25, 0.3) is 5.56 Å². The van der Waals surface area contributed by atoms with E-state index in [9.17, 15) is 4.79 Å². The lowest BCUT2D eigenvalue weighted by Crippen LogP contribution is -2.23. The van der Waals surface area contributed by atoms with Crippen LogP contribution in [0.5, 0.6) is 0 Å². The van der Waals surface area contributed by atoms with Crippen molar-refractivity contribution >= 4 is 32.8 Å². The number of aryl methyl sites for hydroxylation is 4. The average molecular weight is 607 g/mol. The van der Waals surface area contributed by atoms with Gasteiger partial charge in [0, 0.05) is 56.9 Å². The first-order valence-electron chi connectivity index (χ1n) is 15.3. The zero-order valence-corrected chi connectivity index (χ0v) is 25.9. The molecule has 11 heteroatoms. The molecule has 0 aliphatic heterocycles. The van der Waals surface area contributed by atoms with Gasteiger partial charge in [-0.1, -0.05) is 18.2 Å². The van der Waals surface area contributed by atoms with Crippen LogP contribution in [-0.4, -0.2) is 48.7 Å². The SMILES string of the molecule is Cn1nccc1-c1c2cc(-c3nc4cccc(C5CC5)c4n(-c4ccc5nn(C)c(-c6ccnn6C)c5c4)c3=O)ccc2nn1C. The van der Waals surface area contributed by atoms with Gasteiger partial charge in [-0.25, -0.2) is 4.98 Å². The normalized spacial score (nSPS) is 13.5. The minimum Gasteiger partial charge on any atom is -0.273 e. The lowest BCUT2D eigenvalue weighted by atomic mass is 10.0. The second kappa shape index (κ2) is 9.58. The topological polar surface area (TPSA) is 106 Å². The molecule has 46 heavy (non-hydrogen) atoms. The van der Waals surface area contributed by atoms with E-state index < -0.39 is 0 Å². The molecule has 11 nitrogen and oxygen atoms in total. The summed E-state index contributed by atoms with van der Waals surface area (Å²) in [6, 6.07) is 22.1. The van der Waals surface area contributed by atoms with E-state index in [0.29, 0.717) is 11.6 Å². The molecule has 0 N–H and O–H groups in total. The first-order chi connectivity index (χ1) is 22.4. The smallest absolute Gasteiger partial charge is 0.273 e. The number of rotatable bonds is 5. The van der Waals surface area contributed by atoms with Crippen LogP contribution in [0.25, 0.3) is 72.6 Å². The quantitative estimate of drug-likeness (QED) is 0.256. The highest BCUT2D eigenvalue weighted by atomic mass is 16.1. The predicted molar refractivity (Wildman–Crippen MR) is 178 cm³/mol. The van der Waals surface area contributed by atoms with Crippen molar-refractivity contribution in [1.29, 1.82) is 0 Å². The summed E-state index contributed by atoms with van der Waals surface area (Å²) in [6.45, 7) is 0. The number of hydrogen-bond acceptors (Lipinski definition) is 6. The lowest BCUT2D eigenvalue weighted by Gasteiger charge is -2.16. The van der Waals surface area contributed by atoms with E-state index in [-0.39, 0.29) is 5.56 Å². The zero-order valence-electron chi connectivity index (χ0n) is 25.9. The lowest BCUT2D eigenvalue weighted by molar-refractivity contribution is 0.743. The first kappa shape index (κ1) is 26.6. The minimum atomic E-state index is -0.170. The van der Waals surface area contributed by atoms with Crippen LogP contribution in [0, 0.1) is 0 Å². The molecule has 1 aliphatic rings. The van der Waals surface area contributed by atoms with Crippen molar-refractivity contribution in [3.05, 3.63) is 95.0 Å². The van der Waals surface area contributed by atoms with Crippen molar-refractivity contribution in [2.24, 2.45) is 28.2 Å². The maximum atomic E-state index is 14.8. The third-order valence-corrected chi connectivity index (χ3v) is 9.23. The van der Waals surface area contributed by atoms with E-state index in [1.165, 1.54) is 0 Å². The maximum Gasteiger partial charge on any atom is 0.282 e. The van der Waals surface area contributed by atoms with Crippen molar-refractivity contribution in [3.63, 3.8) is 0 Å². The molecule has 5 aromatic heterocycles. The molecule has 226 valence electrons. The summed E-state index contributed by atoms with van der Waals surface area (Å²) in [6.07, 6.45) is 5.77. The summed E-state index contributed by atoms with van der Waals surface area (Å²) >= 11 is 0. The zero-order chi connectivity index (χ0) is 31.3. The van der Waals surface area contributed by atoms with Gasteiger partial charge in [-0.3, -0.25) is 28.1 Å². The van der Waals surface area contributed by atoms with Crippen molar-refractivity contribution in [3.8, 4) is 39.7 Å². The van der Waals surface area contributed by atoms with Crippen molar-refractivity contribution in [1.82, 2.24) is 48.7 Å². The standard InChI is InChI=1S/C35H30N10O/c1-41-29(14-16-36-41)33-24-18-21(10-12-26(24)39-43(33)3)31-35(46)45(32-23(20-8-9-20)6-5-7-28(32)38-31)22-11-13-27-25(19-22)34(44(4)40-27)30-15-17-37-42(30)2/h5-7,10-20H,8-9H2,1-4H3. The molecule has 5 heterocycles. The van der Waals surface area contributed by atoms with Crippen molar-refractivity contribution < 1.29 is 0 Å². The fourth-order valence-corrected chi connectivity index (χ4v) is 6.91. The highest BCUT2D eigenvalue weighted by Crippen LogP contribution is 2.43. The molecule has 0 radical (unpaired) electrons. The summed E-state index contributed by atoms with van der Waals surface area (Å²) < 4.78 is 9.28. The molecule has 0 atom stereocenters. The van der Waals surface area contributed by atoms with E-state index in [4.69, 9.17) is 15.2 Å². The van der Waals surface area contributed by atoms with Gasteiger partial charge in [-0.05, 0) is 72.9 Å². The number of para-hydroxylation sites is 1. The molecule has 0 unspecified atom stereocenters. The largest absolute Gasteiger partial charge is 0.282 e. The number of fused-ring (bicyclic) bond motifs is 3. The molecule has 0 bridgehead atoms. The second-order valence-electron chi connectivity index (χ2n) is 12.1. The van der Waals surface area contributed by atoms with E-state index in [1.54, 1.807) is 12.4 Å². The first-order valence-corrected chi connectivity index (χ1v) is 15.3. The van der Waals surface area contributed by atoms with Crippen LogP contribution >= 0.6 is 0 Å². The Morgan fingerprint density at radius 2 is 1.30 bits per heavy atom. The number of aromatic nitrogens is 10. The van der Waals surface area contributed by atoms with Gasteiger partial charge in [0.05, 0.1) is 50.5 Å². The number of hydrogen-bond donors (Lipinski definition) is 0. The highest BCUT2D eigenvalue weighted by Gasteiger charge is 2.28. The number of nitrogens with zero attached hydrogens (tertiary/aromatic N) is 10. The molecule has 0 saturated heterocycles. The fourth-order valence-electron chi connectivity index (χ4n) is 6.91. The van der Waals surface area contributed by atoms with E-state index in [2.05, 4.69) is 28.4 Å². The van der Waals surface area contributed by atoms with Gasteiger partial charge in [-0.15, -0.1) is 0 Å². The predicted octanol–water partition coefficient (Wildman–Crippen LogP) is 5.50. The minimum absolute atomic E-state index is 0.170. The van der Waals surface area contributed by atoms with Crippen LogP contribution in [0.4, 0.5) is 0 Å².